The van der Waals surface area contributed by atoms with E-state index in [-0.39, 0.29) is 11.3 Å². The molecule has 0 aliphatic carbocycles. The van der Waals surface area contributed by atoms with E-state index in [2.05, 4.69) is 15.9 Å². The third kappa shape index (κ3) is 3.87. The normalized spacial score (nSPS) is 29.4. The van der Waals surface area contributed by atoms with Crippen molar-refractivity contribution in [1.29, 1.82) is 0 Å². The summed E-state index contributed by atoms with van der Waals surface area (Å²) in [7, 11) is 0. The number of carbonyl (C=O) groups excluding carboxylic acids is 1. The summed E-state index contributed by atoms with van der Waals surface area (Å²) in [6.07, 6.45) is 1.02. The van der Waals surface area contributed by atoms with Gasteiger partial charge in [0, 0.05) is 6.61 Å². The topological polar surface area (TPSA) is 35.5 Å². The van der Waals surface area contributed by atoms with E-state index < -0.39 is 4.93 Å². The van der Waals surface area contributed by atoms with E-state index >= 15 is 0 Å². The molecule has 0 radical (unpaired) electrons. The van der Waals surface area contributed by atoms with Crippen LogP contribution in [0, 0.1) is 0 Å². The van der Waals surface area contributed by atoms with Crippen LogP contribution in [0.2, 0.25) is 0 Å². The van der Waals surface area contributed by atoms with Crippen LogP contribution >= 0.6 is 27.7 Å². The largest absolute Gasteiger partial charge is 0.445 e. The van der Waals surface area contributed by atoms with Crippen LogP contribution in [0.5, 0.6) is 0 Å². The van der Waals surface area contributed by atoms with Gasteiger partial charge in [-0.15, -0.1) is 11.8 Å². The number of ether oxygens (including phenoxy) is 2. The summed E-state index contributed by atoms with van der Waals surface area (Å²) in [4.78, 5) is 10.6. The third-order valence-corrected chi connectivity index (χ3v) is 3.41. The smallest absolute Gasteiger partial charge is 0.318 e. The van der Waals surface area contributed by atoms with Gasteiger partial charge in [0.05, 0.1) is 6.61 Å². The average Bonchev–Trinajstić information content (AvgIpc) is 2.30. The second kappa shape index (κ2) is 5.22. The predicted octanol–water partition coefficient (Wildman–Crippen LogP) is 1.79. The molecule has 0 bridgehead atoms. The Labute approximate surface area is 90.7 Å². The molecular formula is C8H13BrO3S. The van der Waals surface area contributed by atoms with E-state index in [0.717, 1.165) is 18.8 Å². The van der Waals surface area contributed by atoms with Crippen molar-refractivity contribution in [3.05, 3.63) is 0 Å². The van der Waals surface area contributed by atoms with Crippen LogP contribution in [0.1, 0.15) is 13.3 Å². The molecule has 1 rings (SSSR count). The van der Waals surface area contributed by atoms with Gasteiger partial charge in [0.25, 0.3) is 0 Å². The standard InChI is InChI=1S/C8H13BrO3S/c1-8(12-7(10)5-9)6-11-3-2-4-13-8/h2-6H2,1H3. The predicted molar refractivity (Wildman–Crippen MR) is 56.2 cm³/mol. The first-order valence-corrected chi connectivity index (χ1v) is 6.26. The van der Waals surface area contributed by atoms with Crippen LogP contribution in [0.4, 0.5) is 0 Å². The summed E-state index contributed by atoms with van der Waals surface area (Å²) in [6.45, 7) is 3.13. The van der Waals surface area contributed by atoms with Crippen molar-refractivity contribution in [3.8, 4) is 0 Å². The van der Waals surface area contributed by atoms with Crippen LogP contribution in [0.3, 0.4) is 0 Å². The Morgan fingerprint density at radius 2 is 2.54 bits per heavy atom. The monoisotopic (exact) mass is 268 g/mol. The van der Waals surface area contributed by atoms with Gasteiger partial charge in [0.15, 0.2) is 4.93 Å². The molecule has 0 aromatic rings. The second-order valence-corrected chi connectivity index (χ2v) is 5.12. The van der Waals surface area contributed by atoms with E-state index in [9.17, 15) is 4.79 Å². The van der Waals surface area contributed by atoms with Gasteiger partial charge in [-0.05, 0) is 19.1 Å². The van der Waals surface area contributed by atoms with Crippen molar-refractivity contribution in [2.45, 2.75) is 18.3 Å². The highest BCUT2D eigenvalue weighted by atomic mass is 79.9. The van der Waals surface area contributed by atoms with Crippen LogP contribution in [0.25, 0.3) is 0 Å². The van der Waals surface area contributed by atoms with E-state index in [1.165, 1.54) is 0 Å². The Morgan fingerprint density at radius 3 is 3.23 bits per heavy atom. The highest BCUT2D eigenvalue weighted by Crippen LogP contribution is 2.30. The van der Waals surface area contributed by atoms with Gasteiger partial charge in [0.2, 0.25) is 0 Å². The summed E-state index contributed by atoms with van der Waals surface area (Å²) < 4.78 is 10.6. The Bertz CT molecular complexity index is 178. The lowest BCUT2D eigenvalue weighted by Crippen LogP contribution is -2.33. The lowest BCUT2D eigenvalue weighted by atomic mass is 10.4. The molecule has 0 aromatic heterocycles. The molecule has 1 saturated heterocycles. The average molecular weight is 269 g/mol. The number of rotatable bonds is 2. The molecule has 0 spiro atoms. The lowest BCUT2D eigenvalue weighted by molar-refractivity contribution is -0.150. The van der Waals surface area contributed by atoms with Crippen LogP contribution in [-0.4, -0.2) is 35.2 Å². The number of hydrogen-bond acceptors (Lipinski definition) is 4. The molecule has 76 valence electrons. The quantitative estimate of drug-likeness (QED) is 0.565. The molecule has 1 fully saturated rings. The van der Waals surface area contributed by atoms with Gasteiger partial charge in [-0.3, -0.25) is 4.79 Å². The minimum absolute atomic E-state index is 0.236. The number of alkyl halides is 1. The van der Waals surface area contributed by atoms with Gasteiger partial charge in [-0.25, -0.2) is 0 Å². The number of halogens is 1. The zero-order valence-corrected chi connectivity index (χ0v) is 9.95. The van der Waals surface area contributed by atoms with Gasteiger partial charge in [-0.1, -0.05) is 15.9 Å². The zero-order valence-electron chi connectivity index (χ0n) is 7.55. The van der Waals surface area contributed by atoms with Crippen molar-refractivity contribution in [2.75, 3.05) is 24.3 Å². The van der Waals surface area contributed by atoms with Crippen molar-refractivity contribution in [3.63, 3.8) is 0 Å². The molecule has 5 heteroatoms. The van der Waals surface area contributed by atoms with Crippen LogP contribution < -0.4 is 0 Å². The van der Waals surface area contributed by atoms with Gasteiger partial charge >= 0.3 is 5.97 Å². The van der Waals surface area contributed by atoms with E-state index in [4.69, 9.17) is 9.47 Å². The first-order valence-electron chi connectivity index (χ1n) is 4.16. The maximum absolute atomic E-state index is 11.1. The molecule has 0 N–H and O–H groups in total. The lowest BCUT2D eigenvalue weighted by Gasteiger charge is -2.26. The molecule has 1 aliphatic heterocycles. The molecule has 1 atom stereocenters. The minimum Gasteiger partial charge on any atom is -0.445 e. The molecule has 0 saturated carbocycles. The summed E-state index contributed by atoms with van der Waals surface area (Å²) in [6, 6.07) is 0. The van der Waals surface area contributed by atoms with Crippen molar-refractivity contribution < 1.29 is 14.3 Å². The summed E-state index contributed by atoms with van der Waals surface area (Å²) in [5, 5.41) is 0.239. The number of hydrogen-bond donors (Lipinski definition) is 0. The number of carbonyl (C=O) groups is 1. The van der Waals surface area contributed by atoms with E-state index in [0.29, 0.717) is 6.61 Å². The van der Waals surface area contributed by atoms with Gasteiger partial charge in [0.1, 0.15) is 5.33 Å². The third-order valence-electron chi connectivity index (χ3n) is 1.64. The van der Waals surface area contributed by atoms with Crippen molar-refractivity contribution in [2.24, 2.45) is 0 Å². The van der Waals surface area contributed by atoms with Crippen molar-refractivity contribution >= 4 is 33.7 Å². The highest BCUT2D eigenvalue weighted by molar-refractivity contribution is 9.09. The van der Waals surface area contributed by atoms with Crippen LogP contribution in [0.15, 0.2) is 0 Å². The molecule has 0 aromatic carbocycles. The van der Waals surface area contributed by atoms with Crippen molar-refractivity contribution in [1.82, 2.24) is 0 Å². The molecule has 3 nitrogen and oxygen atoms in total. The fourth-order valence-electron chi connectivity index (χ4n) is 1.08. The molecule has 1 unspecified atom stereocenters. The molecule has 1 aliphatic rings. The SMILES string of the molecule is CC1(OC(=O)CBr)COCCCS1. The molecular weight excluding hydrogens is 256 g/mol. The van der Waals surface area contributed by atoms with Gasteiger partial charge in [-0.2, -0.15) is 0 Å². The Balaban J connectivity index is 2.46. The summed E-state index contributed by atoms with van der Waals surface area (Å²) in [5.74, 6) is 0.743. The second-order valence-electron chi connectivity index (χ2n) is 3.00. The fourth-order valence-corrected chi connectivity index (χ4v) is 2.20. The Morgan fingerprint density at radius 1 is 1.77 bits per heavy atom. The molecule has 1 heterocycles. The van der Waals surface area contributed by atoms with Gasteiger partial charge < -0.3 is 9.47 Å². The van der Waals surface area contributed by atoms with E-state index in [1.807, 2.05) is 6.92 Å². The number of esters is 1. The minimum atomic E-state index is -0.499. The fraction of sp³-hybridized carbons (Fsp3) is 0.875. The molecule has 13 heavy (non-hydrogen) atoms. The maximum atomic E-state index is 11.1. The van der Waals surface area contributed by atoms with Crippen LogP contribution in [-0.2, 0) is 14.3 Å². The Kier molecular flexibility index (Phi) is 4.55. The molecule has 0 amide bonds. The first-order chi connectivity index (χ1) is 6.16. The Hall–Kier alpha value is 0.260. The summed E-state index contributed by atoms with van der Waals surface area (Å²) >= 11 is 4.70. The first kappa shape index (κ1) is 11.3. The summed E-state index contributed by atoms with van der Waals surface area (Å²) in [5.41, 5.74) is 0. The maximum Gasteiger partial charge on any atom is 0.318 e. The van der Waals surface area contributed by atoms with E-state index in [1.54, 1.807) is 11.8 Å². The highest BCUT2D eigenvalue weighted by Gasteiger charge is 2.30. The zero-order chi connectivity index (χ0) is 9.73. The number of thioether (sulfide) groups is 1.